The van der Waals surface area contributed by atoms with Gasteiger partial charge in [-0.3, -0.25) is 4.79 Å². The number of aryl methyl sites for hydroxylation is 1. The van der Waals surface area contributed by atoms with E-state index in [1.165, 1.54) is 0 Å². The summed E-state index contributed by atoms with van der Waals surface area (Å²) in [6, 6.07) is 13.0. The summed E-state index contributed by atoms with van der Waals surface area (Å²) in [7, 11) is 0. The lowest BCUT2D eigenvalue weighted by Gasteiger charge is -2.12. The van der Waals surface area contributed by atoms with Gasteiger partial charge in [0.05, 0.1) is 5.69 Å². The molecule has 22 heavy (non-hydrogen) atoms. The Hall–Kier alpha value is -2.75. The number of ether oxygens (including phenoxy) is 1. The van der Waals surface area contributed by atoms with Gasteiger partial charge in [-0.1, -0.05) is 30.3 Å². The molecule has 0 aliphatic carbocycles. The molecule has 3 N–H and O–H groups in total. The number of nitrogens with one attached hydrogen (secondary N) is 1. The number of nitrogens with two attached hydrogens (primary N) is 1. The smallest absolute Gasteiger partial charge is 0.251 e. The van der Waals surface area contributed by atoms with Gasteiger partial charge in [-0.15, -0.1) is 6.58 Å². The molecule has 0 saturated carbocycles. The maximum Gasteiger partial charge on any atom is 0.251 e. The topological polar surface area (TPSA) is 64.4 Å². The van der Waals surface area contributed by atoms with E-state index in [-0.39, 0.29) is 5.91 Å². The fourth-order valence-electron chi connectivity index (χ4n) is 2.00. The summed E-state index contributed by atoms with van der Waals surface area (Å²) in [6.45, 7) is 6.43. The number of carbonyl (C=O) groups is 1. The summed E-state index contributed by atoms with van der Waals surface area (Å²) in [5.41, 5.74) is 9.18. The third-order valence-electron chi connectivity index (χ3n) is 3.33. The Kier molecular flexibility index (Phi) is 5.20. The van der Waals surface area contributed by atoms with E-state index in [4.69, 9.17) is 10.5 Å². The molecule has 0 aliphatic rings. The molecule has 0 spiro atoms. The van der Waals surface area contributed by atoms with Gasteiger partial charge in [-0.05, 0) is 36.2 Å². The van der Waals surface area contributed by atoms with E-state index in [1.807, 2.05) is 31.2 Å². The van der Waals surface area contributed by atoms with Gasteiger partial charge < -0.3 is 15.8 Å². The van der Waals surface area contributed by atoms with Crippen LogP contribution in [0.1, 0.15) is 21.5 Å². The number of carbonyl (C=O) groups excluding carboxylic acids is 1. The van der Waals surface area contributed by atoms with E-state index in [9.17, 15) is 4.79 Å². The highest BCUT2D eigenvalue weighted by molar-refractivity contribution is 5.95. The third-order valence-corrected chi connectivity index (χ3v) is 3.33. The number of benzene rings is 2. The van der Waals surface area contributed by atoms with Crippen molar-refractivity contribution in [1.82, 2.24) is 5.32 Å². The van der Waals surface area contributed by atoms with Crippen molar-refractivity contribution in [1.29, 1.82) is 0 Å². The summed E-state index contributed by atoms with van der Waals surface area (Å²) in [6.07, 6.45) is 1.63. The molecule has 0 heterocycles. The number of hydrogen-bond acceptors (Lipinski definition) is 3. The first kappa shape index (κ1) is 15.6. The highest BCUT2D eigenvalue weighted by Gasteiger charge is 2.09. The Bertz CT molecular complexity index is 681. The molecule has 0 aromatic heterocycles. The van der Waals surface area contributed by atoms with Gasteiger partial charge in [-0.25, -0.2) is 0 Å². The first-order valence-corrected chi connectivity index (χ1v) is 7.07. The van der Waals surface area contributed by atoms with E-state index >= 15 is 0 Å². The van der Waals surface area contributed by atoms with E-state index in [1.54, 1.807) is 24.3 Å². The van der Waals surface area contributed by atoms with E-state index < -0.39 is 0 Å². The molecular formula is C18H20N2O2. The fraction of sp³-hybridized carbons (Fsp3) is 0.167. The van der Waals surface area contributed by atoms with Crippen LogP contribution in [0.2, 0.25) is 0 Å². The monoisotopic (exact) mass is 296 g/mol. The quantitative estimate of drug-likeness (QED) is 0.636. The molecule has 2 rings (SSSR count). The molecule has 0 radical (unpaired) electrons. The Morgan fingerprint density at radius 1 is 1.32 bits per heavy atom. The van der Waals surface area contributed by atoms with E-state index in [2.05, 4.69) is 11.9 Å². The zero-order valence-corrected chi connectivity index (χ0v) is 12.6. The van der Waals surface area contributed by atoms with Gasteiger partial charge in [0.25, 0.3) is 5.91 Å². The number of hydrogen-bond donors (Lipinski definition) is 2. The molecular weight excluding hydrogens is 276 g/mol. The third kappa shape index (κ3) is 3.88. The van der Waals surface area contributed by atoms with Crippen LogP contribution in [0.5, 0.6) is 5.75 Å². The summed E-state index contributed by atoms with van der Waals surface area (Å²) in [4.78, 5) is 11.9. The summed E-state index contributed by atoms with van der Waals surface area (Å²) in [5.74, 6) is 0.329. The molecule has 0 aliphatic heterocycles. The molecule has 0 bridgehead atoms. The van der Waals surface area contributed by atoms with Crippen LogP contribution < -0.4 is 15.8 Å². The first-order valence-electron chi connectivity index (χ1n) is 7.07. The van der Waals surface area contributed by atoms with Gasteiger partial charge in [0.15, 0.2) is 0 Å². The molecule has 4 nitrogen and oxygen atoms in total. The molecule has 4 heteroatoms. The second-order valence-electron chi connectivity index (χ2n) is 4.97. The number of amides is 1. The number of rotatable bonds is 6. The maximum atomic E-state index is 11.9. The molecule has 114 valence electrons. The van der Waals surface area contributed by atoms with Crippen LogP contribution in [-0.4, -0.2) is 12.5 Å². The standard InChI is InChI=1S/C18H20N2O2/c1-3-10-20-18(21)14-8-9-16(19)17(11-14)22-12-15-7-5-4-6-13(15)2/h3-9,11H,1,10,12,19H2,2H3,(H,20,21). The van der Waals surface area contributed by atoms with Crippen molar-refractivity contribution >= 4 is 11.6 Å². The lowest BCUT2D eigenvalue weighted by atomic mass is 10.1. The average Bonchev–Trinajstić information content (AvgIpc) is 2.53. The second-order valence-corrected chi connectivity index (χ2v) is 4.97. The maximum absolute atomic E-state index is 11.9. The Labute approximate surface area is 130 Å². The zero-order chi connectivity index (χ0) is 15.9. The zero-order valence-electron chi connectivity index (χ0n) is 12.6. The molecule has 1 amide bonds. The van der Waals surface area contributed by atoms with Crippen molar-refractivity contribution in [2.24, 2.45) is 0 Å². The van der Waals surface area contributed by atoms with Gasteiger partial charge in [0.2, 0.25) is 0 Å². The van der Waals surface area contributed by atoms with Crippen LogP contribution in [0.15, 0.2) is 55.1 Å². The van der Waals surface area contributed by atoms with Crippen molar-refractivity contribution in [3.63, 3.8) is 0 Å². The summed E-state index contributed by atoms with van der Waals surface area (Å²) >= 11 is 0. The largest absolute Gasteiger partial charge is 0.487 e. The molecule has 0 unspecified atom stereocenters. The van der Waals surface area contributed by atoms with Crippen molar-refractivity contribution in [2.45, 2.75) is 13.5 Å². The summed E-state index contributed by atoms with van der Waals surface area (Å²) < 4.78 is 5.77. The Morgan fingerprint density at radius 2 is 2.09 bits per heavy atom. The van der Waals surface area contributed by atoms with Gasteiger partial charge >= 0.3 is 0 Å². The molecule has 2 aromatic rings. The number of anilines is 1. The van der Waals surface area contributed by atoms with Crippen LogP contribution >= 0.6 is 0 Å². The van der Waals surface area contributed by atoms with Gasteiger partial charge in [0, 0.05) is 12.1 Å². The van der Waals surface area contributed by atoms with Gasteiger partial charge in [0.1, 0.15) is 12.4 Å². The molecule has 0 fully saturated rings. The van der Waals surface area contributed by atoms with E-state index in [0.717, 1.165) is 11.1 Å². The SMILES string of the molecule is C=CCNC(=O)c1ccc(N)c(OCc2ccccc2C)c1. The normalized spacial score (nSPS) is 10.0. The predicted octanol–water partition coefficient (Wildman–Crippen LogP) is 3.07. The van der Waals surface area contributed by atoms with Crippen molar-refractivity contribution in [3.8, 4) is 5.75 Å². The van der Waals surface area contributed by atoms with Crippen LogP contribution in [0.25, 0.3) is 0 Å². The fourth-order valence-corrected chi connectivity index (χ4v) is 2.00. The second kappa shape index (κ2) is 7.31. The van der Waals surface area contributed by atoms with Crippen LogP contribution in [-0.2, 0) is 6.61 Å². The lowest BCUT2D eigenvalue weighted by Crippen LogP contribution is -2.23. The molecule has 0 saturated heterocycles. The average molecular weight is 296 g/mol. The van der Waals surface area contributed by atoms with Crippen LogP contribution in [0, 0.1) is 6.92 Å². The molecule has 0 atom stereocenters. The Morgan fingerprint density at radius 3 is 2.82 bits per heavy atom. The van der Waals surface area contributed by atoms with Gasteiger partial charge in [-0.2, -0.15) is 0 Å². The first-order chi connectivity index (χ1) is 10.6. The highest BCUT2D eigenvalue weighted by Crippen LogP contribution is 2.24. The summed E-state index contributed by atoms with van der Waals surface area (Å²) in [5, 5.41) is 2.72. The predicted molar refractivity (Wildman–Crippen MR) is 88.9 cm³/mol. The Balaban J connectivity index is 2.12. The minimum atomic E-state index is -0.180. The van der Waals surface area contributed by atoms with Crippen molar-refractivity contribution in [3.05, 3.63) is 71.8 Å². The van der Waals surface area contributed by atoms with Crippen LogP contribution in [0.4, 0.5) is 5.69 Å². The van der Waals surface area contributed by atoms with Crippen LogP contribution in [0.3, 0.4) is 0 Å². The minimum absolute atomic E-state index is 0.180. The lowest BCUT2D eigenvalue weighted by molar-refractivity contribution is 0.0957. The number of nitrogen functional groups attached to an aromatic ring is 1. The van der Waals surface area contributed by atoms with Crippen molar-refractivity contribution in [2.75, 3.05) is 12.3 Å². The molecule has 2 aromatic carbocycles. The minimum Gasteiger partial charge on any atom is -0.487 e. The van der Waals surface area contributed by atoms with E-state index in [0.29, 0.717) is 30.2 Å². The highest BCUT2D eigenvalue weighted by atomic mass is 16.5. The van der Waals surface area contributed by atoms with Crippen molar-refractivity contribution < 1.29 is 9.53 Å².